The third kappa shape index (κ3) is 4.02. The van der Waals surface area contributed by atoms with Crippen LogP contribution in [-0.4, -0.2) is 27.8 Å². The summed E-state index contributed by atoms with van der Waals surface area (Å²) in [5, 5.41) is 11.9. The number of fused-ring (bicyclic) bond motifs is 1. The Balaban J connectivity index is 1.55. The lowest BCUT2D eigenvalue weighted by Gasteiger charge is -2.11. The van der Waals surface area contributed by atoms with Crippen molar-refractivity contribution in [2.45, 2.75) is 20.0 Å². The number of methoxy groups -OCH3 is 1. The van der Waals surface area contributed by atoms with Crippen molar-refractivity contribution < 1.29 is 13.9 Å². The number of amides is 1. The van der Waals surface area contributed by atoms with Crippen LogP contribution >= 0.6 is 15.9 Å². The monoisotopic (exact) mass is 454 g/mol. The van der Waals surface area contributed by atoms with Crippen molar-refractivity contribution in [1.29, 1.82) is 0 Å². The van der Waals surface area contributed by atoms with E-state index in [1.165, 1.54) is 0 Å². The molecule has 1 amide bonds. The van der Waals surface area contributed by atoms with E-state index in [1.807, 2.05) is 53.2 Å². The Morgan fingerprint density at radius 3 is 2.83 bits per heavy atom. The highest BCUT2D eigenvalue weighted by Gasteiger charge is 2.16. The van der Waals surface area contributed by atoms with E-state index in [-0.39, 0.29) is 12.5 Å². The molecule has 0 aliphatic rings. The summed E-state index contributed by atoms with van der Waals surface area (Å²) in [7, 11) is 1.61. The number of benzene rings is 2. The fourth-order valence-corrected chi connectivity index (χ4v) is 3.65. The molecule has 8 heteroatoms. The van der Waals surface area contributed by atoms with Gasteiger partial charge in [-0.1, -0.05) is 34.1 Å². The van der Waals surface area contributed by atoms with Gasteiger partial charge in [-0.25, -0.2) is 0 Å². The van der Waals surface area contributed by atoms with Crippen LogP contribution in [0.25, 0.3) is 22.4 Å². The van der Waals surface area contributed by atoms with Crippen molar-refractivity contribution in [2.24, 2.45) is 0 Å². The number of aromatic nitrogens is 3. The molecule has 0 saturated heterocycles. The fourth-order valence-electron chi connectivity index (χ4n) is 3.24. The minimum atomic E-state index is -0.110. The molecule has 2 aromatic heterocycles. The van der Waals surface area contributed by atoms with Crippen LogP contribution in [-0.2, 0) is 17.9 Å². The molecule has 2 heterocycles. The van der Waals surface area contributed by atoms with Crippen LogP contribution in [0.1, 0.15) is 11.5 Å². The van der Waals surface area contributed by atoms with Gasteiger partial charge in [0.25, 0.3) is 0 Å². The number of hydrogen-bond acceptors (Lipinski definition) is 5. The Morgan fingerprint density at radius 2 is 2.07 bits per heavy atom. The minimum Gasteiger partial charge on any atom is -0.496 e. The van der Waals surface area contributed by atoms with Crippen molar-refractivity contribution in [3.63, 3.8) is 0 Å². The minimum absolute atomic E-state index is 0.110. The van der Waals surface area contributed by atoms with Crippen LogP contribution in [0.2, 0.25) is 0 Å². The molecule has 148 valence electrons. The first-order valence-electron chi connectivity index (χ1n) is 9.02. The highest BCUT2D eigenvalue weighted by atomic mass is 79.9. The van der Waals surface area contributed by atoms with Crippen LogP contribution in [0.4, 0.5) is 0 Å². The molecule has 2 aromatic carbocycles. The first-order valence-corrected chi connectivity index (χ1v) is 9.82. The summed E-state index contributed by atoms with van der Waals surface area (Å²) in [4.78, 5) is 12.6. The number of halogens is 1. The summed E-state index contributed by atoms with van der Waals surface area (Å²) in [6, 6.07) is 13.5. The summed E-state index contributed by atoms with van der Waals surface area (Å²) in [6.07, 6.45) is 1.87. The molecule has 0 bridgehead atoms. The van der Waals surface area contributed by atoms with Crippen LogP contribution < -0.4 is 10.1 Å². The van der Waals surface area contributed by atoms with Gasteiger partial charge in [0.1, 0.15) is 12.3 Å². The first-order chi connectivity index (χ1) is 14.0. The maximum atomic E-state index is 12.6. The van der Waals surface area contributed by atoms with Crippen LogP contribution in [0.3, 0.4) is 0 Å². The van der Waals surface area contributed by atoms with Crippen molar-refractivity contribution >= 4 is 32.7 Å². The lowest BCUT2D eigenvalue weighted by atomic mass is 10.2. The number of ether oxygens (including phenoxy) is 1. The van der Waals surface area contributed by atoms with E-state index in [0.29, 0.717) is 18.3 Å². The normalized spacial score (nSPS) is 11.0. The molecule has 4 rings (SSSR count). The molecule has 0 aliphatic carbocycles. The summed E-state index contributed by atoms with van der Waals surface area (Å²) < 4.78 is 13.8. The SMILES string of the molecule is COc1ccc(Br)cc1CNC(=O)Cn1cc(-c2nnc(C)o2)c2ccccc21. The van der Waals surface area contributed by atoms with Gasteiger partial charge in [-0.15, -0.1) is 10.2 Å². The second-order valence-electron chi connectivity index (χ2n) is 6.55. The third-order valence-electron chi connectivity index (χ3n) is 4.58. The van der Waals surface area contributed by atoms with E-state index in [0.717, 1.165) is 32.3 Å². The molecule has 0 aliphatic heterocycles. The van der Waals surface area contributed by atoms with Crippen LogP contribution in [0, 0.1) is 6.92 Å². The number of rotatable bonds is 6. The second kappa shape index (κ2) is 8.08. The molecule has 0 saturated carbocycles. The zero-order chi connectivity index (χ0) is 20.4. The Morgan fingerprint density at radius 1 is 1.24 bits per heavy atom. The molecule has 29 heavy (non-hydrogen) atoms. The largest absolute Gasteiger partial charge is 0.496 e. The van der Waals surface area contributed by atoms with Crippen LogP contribution in [0.15, 0.2) is 57.6 Å². The predicted molar refractivity (Wildman–Crippen MR) is 113 cm³/mol. The number of nitrogens with zero attached hydrogens (tertiary/aromatic N) is 3. The number of carbonyl (C=O) groups excluding carboxylic acids is 1. The Hall–Kier alpha value is -3.13. The maximum absolute atomic E-state index is 12.6. The average molecular weight is 455 g/mol. The van der Waals surface area contributed by atoms with Gasteiger partial charge < -0.3 is 19.0 Å². The van der Waals surface area contributed by atoms with Crippen molar-refractivity contribution in [3.05, 3.63) is 64.6 Å². The molecule has 0 fully saturated rings. The zero-order valence-electron chi connectivity index (χ0n) is 16.0. The smallest absolute Gasteiger partial charge is 0.249 e. The highest BCUT2D eigenvalue weighted by Crippen LogP contribution is 2.29. The number of para-hydroxylation sites is 1. The van der Waals surface area contributed by atoms with Gasteiger partial charge in [0.2, 0.25) is 17.7 Å². The van der Waals surface area contributed by atoms with Crippen molar-refractivity contribution in [1.82, 2.24) is 20.1 Å². The van der Waals surface area contributed by atoms with E-state index in [2.05, 4.69) is 31.4 Å². The van der Waals surface area contributed by atoms with Gasteiger partial charge >= 0.3 is 0 Å². The summed E-state index contributed by atoms with van der Waals surface area (Å²) in [5.41, 5.74) is 2.63. The topological polar surface area (TPSA) is 82.2 Å². The van der Waals surface area contributed by atoms with E-state index < -0.39 is 0 Å². The quantitative estimate of drug-likeness (QED) is 0.474. The van der Waals surface area contributed by atoms with Gasteiger partial charge in [0.15, 0.2) is 0 Å². The number of hydrogen-bond donors (Lipinski definition) is 1. The summed E-state index contributed by atoms with van der Waals surface area (Å²) >= 11 is 3.45. The molecule has 4 aromatic rings. The lowest BCUT2D eigenvalue weighted by molar-refractivity contribution is -0.121. The number of nitrogens with one attached hydrogen (secondary N) is 1. The second-order valence-corrected chi connectivity index (χ2v) is 7.46. The van der Waals surface area contributed by atoms with Gasteiger partial charge in [-0.05, 0) is 24.3 Å². The summed E-state index contributed by atoms with van der Waals surface area (Å²) in [5.74, 6) is 1.56. The van der Waals surface area contributed by atoms with Crippen molar-refractivity contribution in [3.8, 4) is 17.2 Å². The Kier molecular flexibility index (Phi) is 5.35. The number of aryl methyl sites for hydroxylation is 1. The average Bonchev–Trinajstić information content (AvgIpc) is 3.30. The van der Waals surface area contributed by atoms with E-state index in [4.69, 9.17) is 9.15 Å². The predicted octanol–water partition coefficient (Wildman–Crippen LogP) is 4.09. The summed E-state index contributed by atoms with van der Waals surface area (Å²) in [6.45, 7) is 2.29. The Bertz CT molecular complexity index is 1180. The highest BCUT2D eigenvalue weighted by molar-refractivity contribution is 9.10. The fraction of sp³-hybridized carbons (Fsp3) is 0.190. The van der Waals surface area contributed by atoms with Gasteiger partial charge in [-0.3, -0.25) is 4.79 Å². The molecule has 0 radical (unpaired) electrons. The molecule has 0 atom stereocenters. The van der Waals surface area contributed by atoms with Gasteiger partial charge in [0.05, 0.1) is 12.7 Å². The van der Waals surface area contributed by atoms with Gasteiger partial charge in [-0.2, -0.15) is 0 Å². The Labute approximate surface area is 175 Å². The molecule has 0 spiro atoms. The van der Waals surface area contributed by atoms with Crippen molar-refractivity contribution in [2.75, 3.05) is 7.11 Å². The van der Waals surface area contributed by atoms with E-state index in [1.54, 1.807) is 14.0 Å². The third-order valence-corrected chi connectivity index (χ3v) is 5.07. The standard InChI is InChI=1S/C21H19BrN4O3/c1-13-24-25-21(29-13)17-11-26(18-6-4-3-5-16(17)18)12-20(27)23-10-14-9-15(22)7-8-19(14)28-2/h3-9,11H,10,12H2,1-2H3,(H,23,27). The maximum Gasteiger partial charge on any atom is 0.249 e. The molecular weight excluding hydrogens is 436 g/mol. The van der Waals surface area contributed by atoms with Gasteiger partial charge in [0, 0.05) is 40.6 Å². The zero-order valence-corrected chi connectivity index (χ0v) is 17.6. The van der Waals surface area contributed by atoms with E-state index in [9.17, 15) is 4.79 Å². The molecule has 1 N–H and O–H groups in total. The number of carbonyl (C=O) groups is 1. The first kappa shape index (κ1) is 19.2. The van der Waals surface area contributed by atoms with Crippen LogP contribution in [0.5, 0.6) is 5.75 Å². The lowest BCUT2D eigenvalue weighted by Crippen LogP contribution is -2.27. The molecule has 7 nitrogen and oxygen atoms in total. The molecule has 0 unspecified atom stereocenters. The van der Waals surface area contributed by atoms with E-state index >= 15 is 0 Å². The molecular formula is C21H19BrN4O3.